The van der Waals surface area contributed by atoms with Gasteiger partial charge < -0.3 is 4.90 Å². The Morgan fingerprint density at radius 2 is 1.69 bits per heavy atom. The van der Waals surface area contributed by atoms with Gasteiger partial charge >= 0.3 is 0 Å². The first-order chi connectivity index (χ1) is 13.8. The zero-order chi connectivity index (χ0) is 20.8. The SMILES string of the molecule is Cc1nn(C)c(C)c1[C@H]1CCCN1C(=O)c1ccc(S(=O)(=O)C2CCCC2)cc1. The van der Waals surface area contributed by atoms with Crippen LogP contribution in [0.2, 0.25) is 0 Å². The maximum absolute atomic E-state index is 13.2. The fraction of sp³-hybridized carbons (Fsp3) is 0.545. The number of carbonyl (C=O) groups excluding carboxylic acids is 1. The van der Waals surface area contributed by atoms with Crippen molar-refractivity contribution in [1.82, 2.24) is 14.7 Å². The second-order valence-corrected chi connectivity index (χ2v) is 10.6. The van der Waals surface area contributed by atoms with Crippen molar-refractivity contribution in [3.05, 3.63) is 46.8 Å². The number of benzene rings is 1. The number of likely N-dealkylation sites (tertiary alicyclic amines) is 1. The first kappa shape index (κ1) is 20.1. The van der Waals surface area contributed by atoms with E-state index in [-0.39, 0.29) is 17.2 Å². The topological polar surface area (TPSA) is 72.3 Å². The Morgan fingerprint density at radius 3 is 2.28 bits per heavy atom. The Bertz CT molecular complexity index is 1020. The van der Waals surface area contributed by atoms with Crippen LogP contribution in [0.5, 0.6) is 0 Å². The summed E-state index contributed by atoms with van der Waals surface area (Å²) in [5.74, 6) is -0.0417. The number of carbonyl (C=O) groups is 1. The summed E-state index contributed by atoms with van der Waals surface area (Å²) in [6.07, 6.45) is 5.31. The monoisotopic (exact) mass is 415 g/mol. The van der Waals surface area contributed by atoms with Gasteiger partial charge in [-0.2, -0.15) is 5.10 Å². The van der Waals surface area contributed by atoms with E-state index in [1.54, 1.807) is 24.3 Å². The van der Waals surface area contributed by atoms with E-state index in [9.17, 15) is 13.2 Å². The van der Waals surface area contributed by atoms with Crippen LogP contribution in [-0.4, -0.2) is 40.8 Å². The van der Waals surface area contributed by atoms with Gasteiger partial charge in [0, 0.05) is 30.4 Å². The average molecular weight is 416 g/mol. The molecule has 0 N–H and O–H groups in total. The maximum atomic E-state index is 13.2. The number of nitrogens with zero attached hydrogens (tertiary/aromatic N) is 3. The maximum Gasteiger partial charge on any atom is 0.254 e. The summed E-state index contributed by atoms with van der Waals surface area (Å²) >= 11 is 0. The molecule has 2 fully saturated rings. The standard InChI is InChI=1S/C22H29N3O3S/c1-15-21(16(2)24(3)23-15)20-9-6-14-25(20)22(26)17-10-12-19(13-11-17)29(27,28)18-7-4-5-8-18/h10-13,18,20H,4-9,14H2,1-3H3/t20-/m1/s1. The number of hydrogen-bond donors (Lipinski definition) is 0. The van der Waals surface area contributed by atoms with Crippen molar-refractivity contribution >= 4 is 15.7 Å². The second kappa shape index (κ2) is 7.59. The molecule has 1 aliphatic heterocycles. The third-order valence-corrected chi connectivity index (χ3v) is 8.86. The Kier molecular flexibility index (Phi) is 5.27. The van der Waals surface area contributed by atoms with Crippen LogP contribution in [0.25, 0.3) is 0 Å². The summed E-state index contributed by atoms with van der Waals surface area (Å²) < 4.78 is 27.4. The highest BCUT2D eigenvalue weighted by Crippen LogP contribution is 2.36. The molecule has 1 saturated heterocycles. The Balaban J connectivity index is 1.58. The summed E-state index contributed by atoms with van der Waals surface area (Å²) in [6, 6.07) is 6.57. The summed E-state index contributed by atoms with van der Waals surface area (Å²) in [7, 11) is -1.37. The lowest BCUT2D eigenvalue weighted by atomic mass is 10.0. The molecule has 0 spiro atoms. The molecule has 1 saturated carbocycles. The summed E-state index contributed by atoms with van der Waals surface area (Å²) in [5.41, 5.74) is 3.73. The highest BCUT2D eigenvalue weighted by atomic mass is 32.2. The Hall–Kier alpha value is -2.15. The Morgan fingerprint density at radius 1 is 1.03 bits per heavy atom. The minimum atomic E-state index is -3.30. The first-order valence-corrected chi connectivity index (χ1v) is 12.0. The first-order valence-electron chi connectivity index (χ1n) is 10.5. The van der Waals surface area contributed by atoms with Crippen molar-refractivity contribution in [3.8, 4) is 0 Å². The largest absolute Gasteiger partial charge is 0.331 e. The van der Waals surface area contributed by atoms with Gasteiger partial charge in [-0.1, -0.05) is 12.8 Å². The van der Waals surface area contributed by atoms with E-state index >= 15 is 0 Å². The van der Waals surface area contributed by atoms with E-state index in [4.69, 9.17) is 0 Å². The predicted octanol–water partition coefficient (Wildman–Crippen LogP) is 3.73. The van der Waals surface area contributed by atoms with Crippen LogP contribution in [-0.2, 0) is 16.9 Å². The molecule has 6 nitrogen and oxygen atoms in total. The Labute approximate surface area is 172 Å². The molecular formula is C22H29N3O3S. The van der Waals surface area contributed by atoms with Gasteiger partial charge in [-0.05, 0) is 63.8 Å². The van der Waals surface area contributed by atoms with E-state index in [1.165, 1.54) is 0 Å². The third-order valence-electron chi connectivity index (χ3n) is 6.58. The van der Waals surface area contributed by atoms with Crippen LogP contribution in [0.3, 0.4) is 0 Å². The fourth-order valence-electron chi connectivity index (χ4n) is 4.93. The molecule has 1 aromatic carbocycles. The molecule has 1 atom stereocenters. The highest BCUT2D eigenvalue weighted by molar-refractivity contribution is 7.92. The van der Waals surface area contributed by atoms with Gasteiger partial charge in [-0.3, -0.25) is 9.48 Å². The normalized spacial score (nSPS) is 20.5. The van der Waals surface area contributed by atoms with E-state index in [0.29, 0.717) is 17.0 Å². The molecule has 1 amide bonds. The molecule has 0 unspecified atom stereocenters. The quantitative estimate of drug-likeness (QED) is 0.763. The van der Waals surface area contributed by atoms with Crippen LogP contribution in [0, 0.1) is 13.8 Å². The molecule has 2 aromatic rings. The van der Waals surface area contributed by atoms with Gasteiger partial charge in [0.15, 0.2) is 9.84 Å². The van der Waals surface area contributed by atoms with Crippen LogP contribution >= 0.6 is 0 Å². The highest BCUT2D eigenvalue weighted by Gasteiger charge is 2.34. The molecule has 0 radical (unpaired) electrons. The fourth-order valence-corrected chi connectivity index (χ4v) is 6.78. The van der Waals surface area contributed by atoms with E-state index in [2.05, 4.69) is 5.10 Å². The molecule has 29 heavy (non-hydrogen) atoms. The van der Waals surface area contributed by atoms with Gasteiger partial charge in [0.05, 0.1) is 21.9 Å². The van der Waals surface area contributed by atoms with Crippen LogP contribution in [0.15, 0.2) is 29.2 Å². The third kappa shape index (κ3) is 3.50. The number of hydrogen-bond acceptors (Lipinski definition) is 4. The van der Waals surface area contributed by atoms with Crippen molar-refractivity contribution in [2.45, 2.75) is 68.6 Å². The molecular weight excluding hydrogens is 386 g/mol. The second-order valence-electron chi connectivity index (χ2n) is 8.34. The number of sulfone groups is 1. The molecule has 1 aromatic heterocycles. The van der Waals surface area contributed by atoms with E-state index in [0.717, 1.165) is 55.5 Å². The van der Waals surface area contributed by atoms with Gasteiger partial charge in [-0.15, -0.1) is 0 Å². The number of rotatable bonds is 4. The van der Waals surface area contributed by atoms with Crippen molar-refractivity contribution in [3.63, 3.8) is 0 Å². The van der Waals surface area contributed by atoms with Crippen molar-refractivity contribution in [2.24, 2.45) is 7.05 Å². The van der Waals surface area contributed by atoms with Gasteiger partial charge in [0.25, 0.3) is 5.91 Å². The van der Waals surface area contributed by atoms with Crippen molar-refractivity contribution in [2.75, 3.05) is 6.54 Å². The molecule has 0 bridgehead atoms. The average Bonchev–Trinajstić information content (AvgIpc) is 3.43. The lowest BCUT2D eigenvalue weighted by Gasteiger charge is -2.25. The van der Waals surface area contributed by atoms with Gasteiger partial charge in [0.1, 0.15) is 0 Å². The zero-order valence-corrected chi connectivity index (χ0v) is 18.2. The van der Waals surface area contributed by atoms with Crippen molar-refractivity contribution in [1.29, 1.82) is 0 Å². The number of aryl methyl sites for hydroxylation is 2. The summed E-state index contributed by atoms with van der Waals surface area (Å²) in [4.78, 5) is 15.5. The summed E-state index contributed by atoms with van der Waals surface area (Å²) in [5, 5.41) is 4.24. The minimum absolute atomic E-state index is 0.0260. The molecule has 156 valence electrons. The molecule has 2 aliphatic rings. The number of amides is 1. The predicted molar refractivity (Wildman–Crippen MR) is 112 cm³/mol. The molecule has 1 aliphatic carbocycles. The molecule has 7 heteroatoms. The molecule has 2 heterocycles. The molecule has 4 rings (SSSR count). The van der Waals surface area contributed by atoms with E-state index in [1.807, 2.05) is 30.5 Å². The van der Waals surface area contributed by atoms with E-state index < -0.39 is 9.84 Å². The summed E-state index contributed by atoms with van der Waals surface area (Å²) in [6.45, 7) is 4.74. The van der Waals surface area contributed by atoms with Crippen LogP contribution in [0.1, 0.15) is 71.9 Å². The number of aromatic nitrogens is 2. The van der Waals surface area contributed by atoms with Crippen LogP contribution < -0.4 is 0 Å². The van der Waals surface area contributed by atoms with Crippen molar-refractivity contribution < 1.29 is 13.2 Å². The van der Waals surface area contributed by atoms with Gasteiger partial charge in [-0.25, -0.2) is 8.42 Å². The smallest absolute Gasteiger partial charge is 0.254 e. The van der Waals surface area contributed by atoms with Crippen LogP contribution in [0.4, 0.5) is 0 Å². The minimum Gasteiger partial charge on any atom is -0.331 e. The lowest BCUT2D eigenvalue weighted by Crippen LogP contribution is -2.31. The van der Waals surface area contributed by atoms with Gasteiger partial charge in [0.2, 0.25) is 0 Å². The lowest BCUT2D eigenvalue weighted by molar-refractivity contribution is 0.0735. The zero-order valence-electron chi connectivity index (χ0n) is 17.4.